The summed E-state index contributed by atoms with van der Waals surface area (Å²) in [7, 11) is 3.25. The highest BCUT2D eigenvalue weighted by Crippen LogP contribution is 2.09. The Hall–Kier alpha value is -1.14. The molecule has 2 amide bonds. The fraction of sp³-hybridized carbons (Fsp3) is 0.667. The molecule has 6 heteroatoms. The van der Waals surface area contributed by atoms with Gasteiger partial charge in [-0.1, -0.05) is 0 Å². The number of hydrogen-bond donors (Lipinski definition) is 3. The summed E-state index contributed by atoms with van der Waals surface area (Å²) in [6.07, 6.45) is -0.439. The van der Waals surface area contributed by atoms with E-state index in [1.54, 1.807) is 20.6 Å². The van der Waals surface area contributed by atoms with Crippen molar-refractivity contribution in [2.75, 3.05) is 20.6 Å². The number of piperazine rings is 1. The van der Waals surface area contributed by atoms with E-state index >= 15 is 0 Å². The number of carbonyl (C=O) groups excluding carboxylic acids is 2. The maximum Gasteiger partial charge on any atom is 0.255 e. The van der Waals surface area contributed by atoms with Gasteiger partial charge in [-0.15, -0.1) is 0 Å². The molecule has 1 aliphatic rings. The van der Waals surface area contributed by atoms with Crippen LogP contribution >= 0.6 is 0 Å². The molecule has 2 unspecified atom stereocenters. The van der Waals surface area contributed by atoms with Gasteiger partial charge in [0.25, 0.3) is 5.91 Å². The fourth-order valence-electron chi connectivity index (χ4n) is 1.43. The van der Waals surface area contributed by atoms with Crippen LogP contribution in [0.2, 0.25) is 0 Å². The minimum absolute atomic E-state index is 0.0839. The SMILES string of the molecule is CNC(=O)CN1C(=O)C(NC)N[CH]C1C. The van der Waals surface area contributed by atoms with Crippen molar-refractivity contribution in [1.82, 2.24) is 20.9 Å². The Kier molecular flexibility index (Phi) is 4.05. The summed E-state index contributed by atoms with van der Waals surface area (Å²) in [5, 5.41) is 8.26. The van der Waals surface area contributed by atoms with Crippen molar-refractivity contribution in [1.29, 1.82) is 0 Å². The summed E-state index contributed by atoms with van der Waals surface area (Å²) in [5.41, 5.74) is 0. The normalized spacial score (nSPS) is 26.6. The summed E-state index contributed by atoms with van der Waals surface area (Å²) >= 11 is 0. The van der Waals surface area contributed by atoms with E-state index in [9.17, 15) is 9.59 Å². The third-order valence-electron chi connectivity index (χ3n) is 2.41. The first kappa shape index (κ1) is 11.9. The molecule has 2 atom stereocenters. The van der Waals surface area contributed by atoms with Crippen molar-refractivity contribution >= 4 is 11.8 Å². The van der Waals surface area contributed by atoms with E-state index < -0.39 is 6.17 Å². The molecule has 85 valence electrons. The van der Waals surface area contributed by atoms with Crippen LogP contribution < -0.4 is 16.0 Å². The molecule has 0 aromatic heterocycles. The molecular weight excluding hydrogens is 196 g/mol. The minimum atomic E-state index is -0.439. The second-order valence-electron chi connectivity index (χ2n) is 3.43. The lowest BCUT2D eigenvalue weighted by molar-refractivity contribution is -0.141. The van der Waals surface area contributed by atoms with Crippen molar-refractivity contribution in [3.63, 3.8) is 0 Å². The van der Waals surface area contributed by atoms with Crippen LogP contribution in [0.4, 0.5) is 0 Å². The van der Waals surface area contributed by atoms with E-state index in [-0.39, 0.29) is 24.4 Å². The second kappa shape index (κ2) is 5.09. The van der Waals surface area contributed by atoms with E-state index in [0.717, 1.165) is 0 Å². The molecule has 0 spiro atoms. The first-order chi connectivity index (χ1) is 7.10. The van der Waals surface area contributed by atoms with E-state index in [0.29, 0.717) is 0 Å². The van der Waals surface area contributed by atoms with Gasteiger partial charge < -0.3 is 10.2 Å². The average Bonchev–Trinajstić information content (AvgIpc) is 2.24. The molecule has 1 fully saturated rings. The van der Waals surface area contributed by atoms with Crippen LogP contribution in [0.15, 0.2) is 0 Å². The molecule has 6 nitrogen and oxygen atoms in total. The molecule has 0 saturated carbocycles. The van der Waals surface area contributed by atoms with Crippen molar-refractivity contribution in [2.45, 2.75) is 19.1 Å². The Morgan fingerprint density at radius 3 is 2.80 bits per heavy atom. The lowest BCUT2D eigenvalue weighted by Crippen LogP contribution is -2.62. The smallest absolute Gasteiger partial charge is 0.255 e. The van der Waals surface area contributed by atoms with Crippen molar-refractivity contribution in [3.05, 3.63) is 6.54 Å². The predicted octanol–water partition coefficient (Wildman–Crippen LogP) is -1.74. The molecule has 0 aliphatic carbocycles. The molecule has 1 saturated heterocycles. The molecule has 15 heavy (non-hydrogen) atoms. The summed E-state index contributed by atoms with van der Waals surface area (Å²) in [5.74, 6) is -0.281. The fourth-order valence-corrected chi connectivity index (χ4v) is 1.43. The second-order valence-corrected chi connectivity index (χ2v) is 3.43. The zero-order valence-corrected chi connectivity index (χ0v) is 9.20. The maximum absolute atomic E-state index is 11.8. The zero-order valence-electron chi connectivity index (χ0n) is 9.20. The number of hydrogen-bond acceptors (Lipinski definition) is 4. The number of carbonyl (C=O) groups is 2. The Bertz CT molecular complexity index is 256. The van der Waals surface area contributed by atoms with Gasteiger partial charge in [0.15, 0.2) is 0 Å². The van der Waals surface area contributed by atoms with Crippen molar-refractivity contribution in [2.24, 2.45) is 0 Å². The van der Waals surface area contributed by atoms with Crippen LogP contribution in [0.3, 0.4) is 0 Å². The number of nitrogens with one attached hydrogen (secondary N) is 3. The van der Waals surface area contributed by atoms with E-state index in [1.807, 2.05) is 6.92 Å². The predicted molar refractivity (Wildman–Crippen MR) is 55.5 cm³/mol. The highest BCUT2D eigenvalue weighted by Gasteiger charge is 2.32. The first-order valence-corrected chi connectivity index (χ1v) is 4.88. The van der Waals surface area contributed by atoms with Gasteiger partial charge >= 0.3 is 0 Å². The number of amides is 2. The highest BCUT2D eigenvalue weighted by molar-refractivity contribution is 5.88. The average molecular weight is 213 g/mol. The number of likely N-dealkylation sites (N-methyl/N-ethyl adjacent to an activating group) is 2. The summed E-state index contributed by atoms with van der Waals surface area (Å²) in [6, 6.07) is -0.0839. The first-order valence-electron chi connectivity index (χ1n) is 4.88. The van der Waals surface area contributed by atoms with Crippen LogP contribution in [-0.4, -0.2) is 49.6 Å². The van der Waals surface area contributed by atoms with Crippen LogP contribution in [0.1, 0.15) is 6.92 Å². The van der Waals surface area contributed by atoms with Crippen LogP contribution in [0, 0.1) is 6.54 Å². The third kappa shape index (κ3) is 2.66. The molecule has 1 aliphatic heterocycles. The lowest BCUT2D eigenvalue weighted by atomic mass is 10.2. The van der Waals surface area contributed by atoms with Crippen LogP contribution in [0.25, 0.3) is 0 Å². The molecule has 0 aromatic rings. The Morgan fingerprint density at radius 1 is 1.60 bits per heavy atom. The summed E-state index contributed by atoms with van der Waals surface area (Å²) in [6.45, 7) is 3.75. The van der Waals surface area contributed by atoms with E-state index in [1.165, 1.54) is 4.90 Å². The summed E-state index contributed by atoms with van der Waals surface area (Å²) in [4.78, 5) is 24.6. The van der Waals surface area contributed by atoms with Crippen LogP contribution in [0.5, 0.6) is 0 Å². The molecule has 1 radical (unpaired) electrons. The van der Waals surface area contributed by atoms with Crippen molar-refractivity contribution in [3.8, 4) is 0 Å². The number of rotatable bonds is 3. The largest absolute Gasteiger partial charge is 0.358 e. The molecule has 1 heterocycles. The van der Waals surface area contributed by atoms with Crippen molar-refractivity contribution < 1.29 is 9.59 Å². The third-order valence-corrected chi connectivity index (χ3v) is 2.41. The van der Waals surface area contributed by atoms with Gasteiger partial charge in [0, 0.05) is 19.6 Å². The standard InChI is InChI=1S/C9H17N4O2/c1-6-4-12-8(11-3)9(15)13(6)5-7(14)10-2/h4,6,8,11-12H,5H2,1-3H3,(H,10,14). The van der Waals surface area contributed by atoms with Crippen LogP contribution in [-0.2, 0) is 9.59 Å². The maximum atomic E-state index is 11.8. The Balaban J connectivity index is 2.65. The van der Waals surface area contributed by atoms with E-state index in [4.69, 9.17) is 0 Å². The van der Waals surface area contributed by atoms with Gasteiger partial charge in [-0.25, -0.2) is 0 Å². The quantitative estimate of drug-likeness (QED) is 0.520. The number of nitrogens with zero attached hydrogens (tertiary/aromatic N) is 1. The van der Waals surface area contributed by atoms with E-state index in [2.05, 4.69) is 16.0 Å². The Morgan fingerprint density at radius 2 is 2.27 bits per heavy atom. The van der Waals surface area contributed by atoms with Gasteiger partial charge in [-0.2, -0.15) is 0 Å². The topological polar surface area (TPSA) is 73.5 Å². The molecule has 1 rings (SSSR count). The summed E-state index contributed by atoms with van der Waals surface area (Å²) < 4.78 is 0. The highest BCUT2D eigenvalue weighted by atomic mass is 16.2. The molecule has 0 aromatic carbocycles. The van der Waals surface area contributed by atoms with Gasteiger partial charge in [0.2, 0.25) is 5.91 Å². The molecule has 3 N–H and O–H groups in total. The van der Waals surface area contributed by atoms with Gasteiger partial charge in [0.05, 0.1) is 6.54 Å². The zero-order chi connectivity index (χ0) is 11.4. The van der Waals surface area contributed by atoms with Gasteiger partial charge in [0.1, 0.15) is 6.17 Å². The van der Waals surface area contributed by atoms with Gasteiger partial charge in [-0.3, -0.25) is 20.2 Å². The monoisotopic (exact) mass is 213 g/mol. The van der Waals surface area contributed by atoms with Gasteiger partial charge in [-0.05, 0) is 14.0 Å². The lowest BCUT2D eigenvalue weighted by Gasteiger charge is -2.37. The Labute approximate surface area is 89.4 Å². The molecule has 0 bridgehead atoms. The minimum Gasteiger partial charge on any atom is -0.358 e. The molecular formula is C9H17N4O2.